The number of aryl methyl sites for hydroxylation is 2. The lowest BCUT2D eigenvalue weighted by molar-refractivity contribution is 0.432. The molecule has 0 amide bonds. The highest BCUT2D eigenvalue weighted by Gasteiger charge is 2.21. The third-order valence-corrected chi connectivity index (χ3v) is 9.74. The van der Waals surface area contributed by atoms with Crippen LogP contribution in [0.5, 0.6) is 0 Å². The van der Waals surface area contributed by atoms with Gasteiger partial charge in [0.25, 0.3) is 0 Å². The minimum atomic E-state index is 0.762. The van der Waals surface area contributed by atoms with Gasteiger partial charge in [-0.1, -0.05) is 78.0 Å². The van der Waals surface area contributed by atoms with Gasteiger partial charge in [-0.15, -0.1) is 0 Å². The van der Waals surface area contributed by atoms with E-state index in [1.165, 1.54) is 10.8 Å². The van der Waals surface area contributed by atoms with E-state index in [1.807, 2.05) is 6.07 Å². The highest BCUT2D eigenvalue weighted by molar-refractivity contribution is 6.12. The van der Waals surface area contributed by atoms with Crippen molar-refractivity contribution in [2.45, 2.75) is 13.8 Å². The molecule has 2 aromatic heterocycles. The van der Waals surface area contributed by atoms with E-state index in [4.69, 9.17) is 4.52 Å². The second-order valence-electron chi connectivity index (χ2n) is 13.1. The zero-order chi connectivity index (χ0) is 35.0. The molecule has 0 radical (unpaired) electrons. The van der Waals surface area contributed by atoms with Crippen molar-refractivity contribution in [3.63, 3.8) is 0 Å². The minimum Gasteiger partial charge on any atom is -0.356 e. The fourth-order valence-electron chi connectivity index (χ4n) is 7.54. The van der Waals surface area contributed by atoms with Gasteiger partial charge in [-0.05, 0) is 122 Å². The van der Waals surface area contributed by atoms with E-state index in [2.05, 4.69) is 203 Å². The first-order valence-electron chi connectivity index (χ1n) is 17.6. The molecule has 0 saturated heterocycles. The second kappa shape index (κ2) is 13.1. The Morgan fingerprint density at radius 3 is 1.21 bits per heavy atom. The van der Waals surface area contributed by atoms with E-state index in [0.29, 0.717) is 0 Å². The van der Waals surface area contributed by atoms with E-state index < -0.39 is 0 Å². The number of para-hydroxylation sites is 4. The molecular weight excluding hydrogens is 637 g/mol. The zero-order valence-corrected chi connectivity index (χ0v) is 29.0. The van der Waals surface area contributed by atoms with Gasteiger partial charge in [0.1, 0.15) is 0 Å². The molecule has 52 heavy (non-hydrogen) atoms. The summed E-state index contributed by atoms with van der Waals surface area (Å²) in [5.41, 5.74) is 13.4. The van der Waals surface area contributed by atoms with E-state index >= 15 is 0 Å². The number of benzene rings is 7. The van der Waals surface area contributed by atoms with Crippen LogP contribution in [0, 0.1) is 13.8 Å². The lowest BCUT2D eigenvalue weighted by atomic mass is 10.0. The van der Waals surface area contributed by atoms with E-state index in [1.54, 1.807) is 6.20 Å². The lowest BCUT2D eigenvalue weighted by Crippen LogP contribution is -2.09. The monoisotopic (exact) mass is 672 g/mol. The Morgan fingerprint density at radius 1 is 0.442 bits per heavy atom. The molecule has 2 heterocycles. The third kappa shape index (κ3) is 5.49. The van der Waals surface area contributed by atoms with E-state index in [9.17, 15) is 0 Å². The Morgan fingerprint density at radius 2 is 0.846 bits per heavy atom. The summed E-state index contributed by atoms with van der Waals surface area (Å²) in [6.07, 6.45) is 1.69. The van der Waals surface area contributed by atoms with Crippen molar-refractivity contribution in [1.29, 1.82) is 0 Å². The number of rotatable bonds is 8. The first-order valence-corrected chi connectivity index (χ1v) is 17.6. The summed E-state index contributed by atoms with van der Waals surface area (Å²) in [5, 5.41) is 6.30. The summed E-state index contributed by atoms with van der Waals surface area (Å²) in [4.78, 5) is 4.66. The van der Waals surface area contributed by atoms with Crippen LogP contribution in [0.15, 0.2) is 187 Å². The molecule has 0 aliphatic heterocycles. The SMILES string of the molecule is Cc1cc(-c2ccno2)cc(C)c1-n1c2ccc(N(c3ccccc3)c3ccccc3)cc2c2cc(N(c3ccccc3)c3ccccc3)ccc21. The van der Waals surface area contributed by atoms with Crippen LogP contribution in [0.25, 0.3) is 38.8 Å². The number of nitrogens with zero attached hydrogens (tertiary/aromatic N) is 4. The van der Waals surface area contributed by atoms with Crippen LogP contribution >= 0.6 is 0 Å². The molecule has 9 rings (SSSR count). The molecule has 0 N–H and O–H groups in total. The highest BCUT2D eigenvalue weighted by Crippen LogP contribution is 2.43. The van der Waals surface area contributed by atoms with Crippen molar-refractivity contribution in [1.82, 2.24) is 9.72 Å². The van der Waals surface area contributed by atoms with Gasteiger partial charge in [-0.25, -0.2) is 0 Å². The summed E-state index contributed by atoms with van der Waals surface area (Å²) in [7, 11) is 0. The van der Waals surface area contributed by atoms with Crippen LogP contribution in [0.2, 0.25) is 0 Å². The molecule has 250 valence electrons. The number of anilines is 6. The number of hydrogen-bond acceptors (Lipinski definition) is 4. The predicted molar refractivity (Wildman–Crippen MR) is 215 cm³/mol. The van der Waals surface area contributed by atoms with Gasteiger partial charge in [0, 0.05) is 56.5 Å². The van der Waals surface area contributed by atoms with Gasteiger partial charge in [0.15, 0.2) is 5.76 Å². The van der Waals surface area contributed by atoms with Crippen LogP contribution in [0.4, 0.5) is 34.1 Å². The second-order valence-corrected chi connectivity index (χ2v) is 13.1. The molecule has 0 bridgehead atoms. The molecule has 0 fully saturated rings. The summed E-state index contributed by atoms with van der Waals surface area (Å²) < 4.78 is 7.98. The molecule has 0 unspecified atom stereocenters. The summed E-state index contributed by atoms with van der Waals surface area (Å²) >= 11 is 0. The maximum Gasteiger partial charge on any atom is 0.166 e. The van der Waals surface area contributed by atoms with Crippen molar-refractivity contribution in [2.24, 2.45) is 0 Å². The smallest absolute Gasteiger partial charge is 0.166 e. The molecule has 5 heteroatoms. The largest absolute Gasteiger partial charge is 0.356 e. The molecule has 0 aliphatic carbocycles. The fourth-order valence-corrected chi connectivity index (χ4v) is 7.54. The molecule has 0 atom stereocenters. The fraction of sp³-hybridized carbons (Fsp3) is 0.0426. The van der Waals surface area contributed by atoms with Crippen LogP contribution in [-0.2, 0) is 0 Å². The topological polar surface area (TPSA) is 37.4 Å². The van der Waals surface area contributed by atoms with Crippen LogP contribution in [0.1, 0.15) is 11.1 Å². The summed E-state index contributed by atoms with van der Waals surface area (Å²) in [5.74, 6) is 0.762. The van der Waals surface area contributed by atoms with Crippen molar-refractivity contribution in [2.75, 3.05) is 9.80 Å². The molecule has 9 aromatic rings. The lowest BCUT2D eigenvalue weighted by Gasteiger charge is -2.26. The average Bonchev–Trinajstić information content (AvgIpc) is 3.84. The Balaban J connectivity index is 1.32. The molecule has 0 spiro atoms. The Hall–Kier alpha value is -6.85. The molecule has 5 nitrogen and oxygen atoms in total. The average molecular weight is 673 g/mol. The van der Waals surface area contributed by atoms with Gasteiger partial charge >= 0.3 is 0 Å². The Bertz CT molecular complexity index is 2390. The molecular formula is C47H36N4O. The quantitative estimate of drug-likeness (QED) is 0.161. The van der Waals surface area contributed by atoms with Crippen LogP contribution in [-0.4, -0.2) is 9.72 Å². The Kier molecular flexibility index (Phi) is 7.86. The van der Waals surface area contributed by atoms with E-state index in [-0.39, 0.29) is 0 Å². The number of aromatic nitrogens is 2. The Labute approximate surface area is 303 Å². The first kappa shape index (κ1) is 31.2. The molecule has 0 aliphatic rings. The zero-order valence-electron chi connectivity index (χ0n) is 29.0. The highest BCUT2D eigenvalue weighted by atomic mass is 16.5. The summed E-state index contributed by atoms with van der Waals surface area (Å²) in [6.45, 7) is 4.36. The number of fused-ring (bicyclic) bond motifs is 3. The molecule has 7 aromatic carbocycles. The van der Waals surface area contributed by atoms with Crippen molar-refractivity contribution >= 4 is 55.9 Å². The molecule has 0 saturated carbocycles. The van der Waals surface area contributed by atoms with Crippen LogP contribution < -0.4 is 9.80 Å². The van der Waals surface area contributed by atoms with Gasteiger partial charge in [0.05, 0.1) is 22.9 Å². The van der Waals surface area contributed by atoms with E-state index in [0.717, 1.165) is 73.3 Å². The van der Waals surface area contributed by atoms with Gasteiger partial charge in [-0.3, -0.25) is 0 Å². The maximum absolute atomic E-state index is 5.55. The third-order valence-electron chi connectivity index (χ3n) is 9.74. The minimum absolute atomic E-state index is 0.762. The van der Waals surface area contributed by atoms with Crippen molar-refractivity contribution < 1.29 is 4.52 Å². The normalized spacial score (nSPS) is 11.3. The van der Waals surface area contributed by atoms with Crippen molar-refractivity contribution in [3.05, 3.63) is 193 Å². The number of hydrogen-bond donors (Lipinski definition) is 0. The predicted octanol–water partition coefficient (Wildman–Crippen LogP) is 13.0. The standard InChI is InChI=1S/C47H36N4O/c1-33-29-35(46-27-28-48-52-46)30-34(2)47(33)51-44-25-23-40(49(36-15-7-3-8-16-36)37-17-9-4-10-18-37)31-42(44)43-32-41(24-26-45(43)51)50(38-19-11-5-12-20-38)39-21-13-6-14-22-39/h3-32H,1-2H3. The van der Waals surface area contributed by atoms with Gasteiger partial charge in [-0.2, -0.15) is 0 Å². The maximum atomic E-state index is 5.55. The summed E-state index contributed by atoms with van der Waals surface area (Å²) in [6, 6.07) is 62.4. The van der Waals surface area contributed by atoms with Crippen molar-refractivity contribution in [3.8, 4) is 17.0 Å². The first-order chi connectivity index (χ1) is 25.6. The van der Waals surface area contributed by atoms with Gasteiger partial charge < -0.3 is 18.9 Å². The van der Waals surface area contributed by atoms with Gasteiger partial charge in [0.2, 0.25) is 0 Å². The van der Waals surface area contributed by atoms with Crippen LogP contribution in [0.3, 0.4) is 0 Å².